The van der Waals surface area contributed by atoms with Gasteiger partial charge in [0.05, 0.1) is 6.61 Å². The minimum Gasteiger partial charge on any atom is -0.376 e. The van der Waals surface area contributed by atoms with E-state index >= 15 is 0 Å². The van der Waals surface area contributed by atoms with E-state index in [2.05, 4.69) is 15.2 Å². The Bertz CT molecular complexity index is 695. The molecule has 0 unspecified atom stereocenters. The van der Waals surface area contributed by atoms with Gasteiger partial charge >= 0.3 is 0 Å². The first-order chi connectivity index (χ1) is 11.3. The van der Waals surface area contributed by atoms with Crippen LogP contribution in [0.4, 0.5) is 0 Å². The van der Waals surface area contributed by atoms with Crippen LogP contribution in [0.25, 0.3) is 0 Å². The van der Waals surface area contributed by atoms with E-state index in [4.69, 9.17) is 4.74 Å². The molecule has 0 spiro atoms. The summed E-state index contributed by atoms with van der Waals surface area (Å²) in [5.74, 6) is 0.758. The summed E-state index contributed by atoms with van der Waals surface area (Å²) < 4.78 is 5.81. The largest absolute Gasteiger partial charge is 0.376 e. The first-order valence-electron chi connectivity index (χ1n) is 8.12. The molecule has 0 aromatic carbocycles. The van der Waals surface area contributed by atoms with Gasteiger partial charge in [0.2, 0.25) is 0 Å². The van der Waals surface area contributed by atoms with Crippen LogP contribution in [0.2, 0.25) is 0 Å². The van der Waals surface area contributed by atoms with Crippen molar-refractivity contribution in [1.82, 2.24) is 20.1 Å². The summed E-state index contributed by atoms with van der Waals surface area (Å²) in [5.41, 5.74) is 4.11. The number of fused-ring (bicyclic) bond motifs is 1. The summed E-state index contributed by atoms with van der Waals surface area (Å²) in [5, 5.41) is 6.59. The molecule has 1 amide bonds. The van der Waals surface area contributed by atoms with Gasteiger partial charge in [-0.3, -0.25) is 14.9 Å². The van der Waals surface area contributed by atoms with Crippen molar-refractivity contribution in [3.05, 3.63) is 47.0 Å². The molecule has 1 fully saturated rings. The summed E-state index contributed by atoms with van der Waals surface area (Å²) in [4.78, 5) is 18.6. The van der Waals surface area contributed by atoms with Gasteiger partial charge in [0.15, 0.2) is 0 Å². The fourth-order valence-electron chi connectivity index (χ4n) is 3.03. The van der Waals surface area contributed by atoms with E-state index in [1.165, 1.54) is 18.4 Å². The summed E-state index contributed by atoms with van der Waals surface area (Å²) >= 11 is 0. The average Bonchev–Trinajstić information content (AvgIpc) is 3.24. The van der Waals surface area contributed by atoms with Crippen LogP contribution < -0.4 is 0 Å². The van der Waals surface area contributed by atoms with E-state index in [0.717, 1.165) is 30.1 Å². The SMILES string of the molecule is O=C(c1ccn[nH]1)N1CCc2c(COCC3CC3)cncc2C1. The number of hydrogen-bond donors (Lipinski definition) is 1. The molecule has 120 valence electrons. The first kappa shape index (κ1) is 14.4. The highest BCUT2D eigenvalue weighted by Gasteiger charge is 2.25. The number of nitrogens with zero attached hydrogens (tertiary/aromatic N) is 3. The number of rotatable bonds is 5. The molecule has 3 heterocycles. The highest BCUT2D eigenvalue weighted by Crippen LogP contribution is 2.29. The molecule has 1 aliphatic carbocycles. The van der Waals surface area contributed by atoms with Gasteiger partial charge in [-0.2, -0.15) is 5.10 Å². The van der Waals surface area contributed by atoms with E-state index in [1.807, 2.05) is 17.3 Å². The molecule has 0 bridgehead atoms. The number of hydrogen-bond acceptors (Lipinski definition) is 4. The van der Waals surface area contributed by atoms with Gasteiger partial charge in [0.25, 0.3) is 5.91 Å². The molecule has 1 N–H and O–H groups in total. The van der Waals surface area contributed by atoms with Crippen LogP contribution in [0.5, 0.6) is 0 Å². The number of nitrogens with one attached hydrogen (secondary N) is 1. The fraction of sp³-hybridized carbons (Fsp3) is 0.471. The molecule has 1 aliphatic heterocycles. The Balaban J connectivity index is 1.45. The smallest absolute Gasteiger partial charge is 0.272 e. The van der Waals surface area contributed by atoms with Crippen LogP contribution in [0.3, 0.4) is 0 Å². The number of amides is 1. The third-order valence-corrected chi connectivity index (χ3v) is 4.56. The van der Waals surface area contributed by atoms with Crippen molar-refractivity contribution in [1.29, 1.82) is 0 Å². The molecule has 2 aliphatic rings. The van der Waals surface area contributed by atoms with Crippen LogP contribution in [0, 0.1) is 5.92 Å². The maximum Gasteiger partial charge on any atom is 0.272 e. The predicted octanol–water partition coefficient (Wildman–Crippen LogP) is 1.93. The maximum atomic E-state index is 12.4. The molecule has 6 nitrogen and oxygen atoms in total. The Labute approximate surface area is 134 Å². The summed E-state index contributed by atoms with van der Waals surface area (Å²) in [6.45, 7) is 2.79. The second-order valence-corrected chi connectivity index (χ2v) is 6.34. The Morgan fingerprint density at radius 3 is 3.09 bits per heavy atom. The van der Waals surface area contributed by atoms with Crippen molar-refractivity contribution in [2.75, 3.05) is 13.2 Å². The summed E-state index contributed by atoms with van der Waals surface area (Å²) in [6.07, 6.45) is 8.82. The van der Waals surface area contributed by atoms with Crippen LogP contribution in [-0.2, 0) is 24.3 Å². The number of pyridine rings is 1. The number of aromatic amines is 1. The van der Waals surface area contributed by atoms with Crippen LogP contribution >= 0.6 is 0 Å². The summed E-state index contributed by atoms with van der Waals surface area (Å²) in [6, 6.07) is 1.71. The van der Waals surface area contributed by atoms with Crippen molar-refractivity contribution in [3.63, 3.8) is 0 Å². The van der Waals surface area contributed by atoms with E-state index < -0.39 is 0 Å². The van der Waals surface area contributed by atoms with Gasteiger partial charge in [0.1, 0.15) is 5.69 Å². The number of carbonyl (C=O) groups is 1. The third-order valence-electron chi connectivity index (χ3n) is 4.56. The quantitative estimate of drug-likeness (QED) is 0.916. The second kappa shape index (κ2) is 6.12. The zero-order valence-electron chi connectivity index (χ0n) is 13.0. The van der Waals surface area contributed by atoms with Gasteiger partial charge in [-0.25, -0.2) is 0 Å². The predicted molar refractivity (Wildman–Crippen MR) is 83.6 cm³/mol. The van der Waals surface area contributed by atoms with Crippen LogP contribution in [0.15, 0.2) is 24.7 Å². The average molecular weight is 312 g/mol. The Morgan fingerprint density at radius 1 is 1.39 bits per heavy atom. The molecule has 1 saturated carbocycles. The van der Waals surface area contributed by atoms with Gasteiger partial charge < -0.3 is 9.64 Å². The molecule has 4 rings (SSSR count). The van der Waals surface area contributed by atoms with Gasteiger partial charge in [-0.1, -0.05) is 0 Å². The molecular weight excluding hydrogens is 292 g/mol. The fourth-order valence-corrected chi connectivity index (χ4v) is 3.03. The van der Waals surface area contributed by atoms with E-state index in [-0.39, 0.29) is 5.91 Å². The molecule has 0 saturated heterocycles. The number of aromatic nitrogens is 3. The lowest BCUT2D eigenvalue weighted by atomic mass is 9.97. The van der Waals surface area contributed by atoms with Crippen LogP contribution in [0.1, 0.15) is 40.0 Å². The Morgan fingerprint density at radius 2 is 2.30 bits per heavy atom. The van der Waals surface area contributed by atoms with Gasteiger partial charge in [0, 0.05) is 38.3 Å². The van der Waals surface area contributed by atoms with Crippen molar-refractivity contribution >= 4 is 5.91 Å². The van der Waals surface area contributed by atoms with Gasteiger partial charge in [-0.15, -0.1) is 0 Å². The van der Waals surface area contributed by atoms with Crippen molar-refractivity contribution < 1.29 is 9.53 Å². The number of carbonyl (C=O) groups excluding carboxylic acids is 1. The van der Waals surface area contributed by atoms with Crippen molar-refractivity contribution in [2.45, 2.75) is 32.4 Å². The second-order valence-electron chi connectivity index (χ2n) is 6.34. The molecule has 0 atom stereocenters. The monoisotopic (exact) mass is 312 g/mol. The van der Waals surface area contributed by atoms with E-state index in [0.29, 0.717) is 25.4 Å². The van der Waals surface area contributed by atoms with Crippen molar-refractivity contribution in [3.8, 4) is 0 Å². The normalized spacial score (nSPS) is 17.1. The third kappa shape index (κ3) is 3.12. The zero-order valence-corrected chi connectivity index (χ0v) is 13.0. The molecule has 23 heavy (non-hydrogen) atoms. The van der Waals surface area contributed by atoms with Crippen LogP contribution in [-0.4, -0.2) is 39.1 Å². The van der Waals surface area contributed by atoms with Crippen molar-refractivity contribution in [2.24, 2.45) is 5.92 Å². The standard InChI is InChI=1S/C17H20N4O2/c22-17(16-3-5-19-20-16)21-6-4-15-13(9-21)7-18-8-14(15)11-23-10-12-1-2-12/h3,5,7-8,12H,1-2,4,6,9-11H2,(H,19,20). The maximum absolute atomic E-state index is 12.4. The highest BCUT2D eigenvalue weighted by molar-refractivity contribution is 5.92. The number of H-pyrrole nitrogens is 1. The summed E-state index contributed by atoms with van der Waals surface area (Å²) in [7, 11) is 0. The minimum absolute atomic E-state index is 0.0106. The topological polar surface area (TPSA) is 71.1 Å². The lowest BCUT2D eigenvalue weighted by Crippen LogP contribution is -2.36. The van der Waals surface area contributed by atoms with E-state index in [1.54, 1.807) is 12.3 Å². The zero-order chi connectivity index (χ0) is 15.6. The molecule has 2 aromatic rings. The Kier molecular flexibility index (Phi) is 3.83. The number of ether oxygens (including phenoxy) is 1. The Hall–Kier alpha value is -2.21. The van der Waals surface area contributed by atoms with Gasteiger partial charge in [-0.05, 0) is 47.9 Å². The molecular formula is C17H20N4O2. The first-order valence-corrected chi connectivity index (χ1v) is 8.12. The lowest BCUT2D eigenvalue weighted by Gasteiger charge is -2.29. The highest BCUT2D eigenvalue weighted by atomic mass is 16.5. The van der Waals surface area contributed by atoms with E-state index in [9.17, 15) is 4.79 Å². The minimum atomic E-state index is -0.0106. The molecule has 6 heteroatoms. The lowest BCUT2D eigenvalue weighted by molar-refractivity contribution is 0.0726. The molecule has 0 radical (unpaired) electrons. The molecule has 2 aromatic heterocycles.